The second kappa shape index (κ2) is 9.09. The number of halogens is 3. The van der Waals surface area contributed by atoms with Crippen LogP contribution in [0, 0.1) is 17.2 Å². The summed E-state index contributed by atoms with van der Waals surface area (Å²) in [5.41, 5.74) is 7.94. The van der Waals surface area contributed by atoms with Crippen molar-refractivity contribution in [2.75, 3.05) is 5.73 Å². The summed E-state index contributed by atoms with van der Waals surface area (Å²) < 4.78 is 31.8. The van der Waals surface area contributed by atoms with Gasteiger partial charge in [-0.05, 0) is 61.3 Å². The van der Waals surface area contributed by atoms with Gasteiger partial charge in [-0.15, -0.1) is 0 Å². The number of rotatable bonds is 2. The number of anilines is 1. The van der Waals surface area contributed by atoms with Crippen LogP contribution in [-0.2, 0) is 12.8 Å². The smallest absolute Gasteiger partial charge is 0.252 e. The number of imidazole rings is 1. The number of carbonyl (C=O) groups is 1. The third kappa shape index (κ3) is 3.82. The van der Waals surface area contributed by atoms with Gasteiger partial charge >= 0.3 is 0 Å². The van der Waals surface area contributed by atoms with Crippen LogP contribution in [0.15, 0.2) is 41.3 Å². The normalized spacial score (nSPS) is 19.3. The summed E-state index contributed by atoms with van der Waals surface area (Å²) >= 11 is 6.23. The number of aromatic amines is 1. The lowest BCUT2D eigenvalue weighted by Gasteiger charge is -2.33. The van der Waals surface area contributed by atoms with Gasteiger partial charge in [0.15, 0.2) is 5.78 Å². The zero-order valence-corrected chi connectivity index (χ0v) is 22.3. The highest BCUT2D eigenvalue weighted by atomic mass is 35.5. The highest BCUT2D eigenvalue weighted by Crippen LogP contribution is 2.50. The Morgan fingerprint density at radius 1 is 1.05 bits per heavy atom. The predicted molar refractivity (Wildman–Crippen MR) is 147 cm³/mol. The van der Waals surface area contributed by atoms with Crippen LogP contribution in [0.2, 0.25) is 5.02 Å². The van der Waals surface area contributed by atoms with E-state index in [2.05, 4.69) is 15.0 Å². The van der Waals surface area contributed by atoms with Gasteiger partial charge in [0, 0.05) is 34.9 Å². The van der Waals surface area contributed by atoms with Gasteiger partial charge in [-0.3, -0.25) is 9.59 Å². The van der Waals surface area contributed by atoms with Crippen LogP contribution in [0.3, 0.4) is 0 Å². The van der Waals surface area contributed by atoms with Crippen molar-refractivity contribution in [2.24, 2.45) is 5.41 Å². The number of Topliss-reactive ketones (excluding diaryl/α,β-unsaturated/α-hetero) is 1. The molecule has 3 N–H and O–H groups in total. The van der Waals surface area contributed by atoms with E-state index >= 15 is 4.39 Å². The van der Waals surface area contributed by atoms with Crippen LogP contribution in [0.5, 0.6) is 0 Å². The Bertz CT molecular complexity index is 1770. The van der Waals surface area contributed by atoms with Gasteiger partial charge in [0.05, 0.1) is 28.5 Å². The minimum atomic E-state index is -0.730. The van der Waals surface area contributed by atoms with Gasteiger partial charge in [0.2, 0.25) is 5.95 Å². The molecule has 0 radical (unpaired) electrons. The van der Waals surface area contributed by atoms with Gasteiger partial charge in [-0.1, -0.05) is 30.5 Å². The van der Waals surface area contributed by atoms with Crippen molar-refractivity contribution in [2.45, 2.75) is 57.4 Å². The van der Waals surface area contributed by atoms with Crippen molar-refractivity contribution in [1.29, 1.82) is 0 Å². The molecule has 4 aromatic rings. The minimum Gasteiger partial charge on any atom is -0.384 e. The Morgan fingerprint density at radius 3 is 2.62 bits per heavy atom. The molecular weight excluding hydrogens is 536 g/mol. The number of carbonyl (C=O) groups excluding carboxylic acids is 1. The van der Waals surface area contributed by atoms with E-state index in [0.29, 0.717) is 54.0 Å². The maximum atomic E-state index is 15.7. The fourth-order valence-electron chi connectivity index (χ4n) is 7.13. The van der Waals surface area contributed by atoms with Crippen LogP contribution in [0.25, 0.3) is 22.4 Å². The number of fused-ring (bicyclic) bond motifs is 5. The Balaban J connectivity index is 1.39. The Labute approximate surface area is 233 Å². The van der Waals surface area contributed by atoms with Crippen LogP contribution < -0.4 is 11.3 Å². The van der Waals surface area contributed by atoms with E-state index in [9.17, 15) is 14.0 Å². The average Bonchev–Trinajstić information content (AvgIpc) is 3.66. The van der Waals surface area contributed by atoms with E-state index in [1.807, 2.05) is 6.07 Å². The van der Waals surface area contributed by atoms with Crippen molar-refractivity contribution in [3.05, 3.63) is 86.3 Å². The summed E-state index contributed by atoms with van der Waals surface area (Å²) in [6, 6.07) is 7.29. The lowest BCUT2D eigenvalue weighted by Crippen LogP contribution is -2.31. The molecule has 1 saturated carbocycles. The van der Waals surface area contributed by atoms with Crippen LogP contribution in [0.4, 0.5) is 14.6 Å². The number of nitrogens with zero attached hydrogens (tertiary/aromatic N) is 3. The van der Waals surface area contributed by atoms with Gasteiger partial charge < -0.3 is 15.3 Å². The number of aromatic nitrogens is 4. The van der Waals surface area contributed by atoms with Crippen molar-refractivity contribution < 1.29 is 13.6 Å². The van der Waals surface area contributed by atoms with Gasteiger partial charge in [0.25, 0.3) is 5.56 Å². The summed E-state index contributed by atoms with van der Waals surface area (Å²) in [5.74, 6) is -0.867. The molecule has 3 aromatic heterocycles. The maximum Gasteiger partial charge on any atom is 0.252 e. The highest BCUT2D eigenvalue weighted by molar-refractivity contribution is 6.31. The summed E-state index contributed by atoms with van der Waals surface area (Å²) in [7, 11) is 0. The SMILES string of the molecule is Nc1ccc(-c2cnc([C@H]3CCc4c5c(cc(=O)n43)-c3c(ccc(Cl)c3F)CC3(CCCC3)CC5=O)[nH]2)c(F)n1. The first-order valence-electron chi connectivity index (χ1n) is 13.5. The average molecular weight is 562 g/mol. The predicted octanol–water partition coefficient (Wildman–Crippen LogP) is 6.04. The molecule has 1 atom stereocenters. The molecule has 4 heterocycles. The molecule has 10 heteroatoms. The molecule has 0 unspecified atom stereocenters. The first-order chi connectivity index (χ1) is 19.2. The molecule has 0 amide bonds. The summed E-state index contributed by atoms with van der Waals surface area (Å²) in [6.07, 6.45) is 7.24. The molecule has 1 spiro atoms. The quantitative estimate of drug-likeness (QED) is 0.290. The van der Waals surface area contributed by atoms with E-state index < -0.39 is 17.8 Å². The molecule has 2 aliphatic carbocycles. The molecule has 7 nitrogen and oxygen atoms in total. The fourth-order valence-corrected chi connectivity index (χ4v) is 7.28. The lowest BCUT2D eigenvalue weighted by molar-refractivity contribution is 0.0908. The molecule has 3 aliphatic rings. The minimum absolute atomic E-state index is 0.0378. The molecule has 1 aliphatic heterocycles. The highest BCUT2D eigenvalue weighted by Gasteiger charge is 2.42. The Hall–Kier alpha value is -3.85. The van der Waals surface area contributed by atoms with Gasteiger partial charge in [0.1, 0.15) is 17.5 Å². The number of benzene rings is 1. The molecule has 1 fully saturated rings. The first kappa shape index (κ1) is 25.1. The van der Waals surface area contributed by atoms with Crippen LogP contribution >= 0.6 is 11.6 Å². The van der Waals surface area contributed by atoms with E-state index in [4.69, 9.17) is 17.3 Å². The van der Waals surface area contributed by atoms with Crippen LogP contribution in [-0.4, -0.2) is 25.3 Å². The second-order valence-corrected chi connectivity index (χ2v) is 11.7. The first-order valence-corrected chi connectivity index (χ1v) is 13.9. The standard InChI is InChI=1S/C30H26ClF2N5O2/c31-18-5-3-15-12-30(9-1-2-10-30)13-22(39)26-17(25(15)27(18)32)11-24(40)38-20(26)6-7-21(38)29-35-14-19(36-29)16-4-8-23(34)37-28(16)33/h3-5,8,11,14,21H,1-2,6-7,9-10,12-13H2,(H2,34,37)(H,35,36)/t21-/m1/s1. The Morgan fingerprint density at radius 2 is 1.85 bits per heavy atom. The molecule has 7 rings (SSSR count). The third-order valence-corrected chi connectivity index (χ3v) is 9.18. The number of ketones is 1. The van der Waals surface area contributed by atoms with Crippen molar-refractivity contribution >= 4 is 23.2 Å². The largest absolute Gasteiger partial charge is 0.384 e. The monoisotopic (exact) mass is 561 g/mol. The number of nitrogens with two attached hydrogens (primary N) is 1. The number of nitrogens with one attached hydrogen (secondary N) is 1. The van der Waals surface area contributed by atoms with E-state index in [1.165, 1.54) is 24.4 Å². The summed E-state index contributed by atoms with van der Waals surface area (Å²) in [4.78, 5) is 39.0. The number of hydrogen-bond donors (Lipinski definition) is 2. The molecule has 204 valence electrons. The van der Waals surface area contributed by atoms with Crippen LogP contribution in [0.1, 0.15) is 72.0 Å². The van der Waals surface area contributed by atoms with Crippen molar-refractivity contribution in [3.63, 3.8) is 0 Å². The molecule has 40 heavy (non-hydrogen) atoms. The zero-order valence-electron chi connectivity index (χ0n) is 21.6. The number of nitrogen functional groups attached to an aromatic ring is 1. The van der Waals surface area contributed by atoms with Crippen molar-refractivity contribution in [1.82, 2.24) is 19.5 Å². The maximum absolute atomic E-state index is 15.7. The molecular formula is C30H26ClF2N5O2. The number of pyridine rings is 2. The van der Waals surface area contributed by atoms with E-state index in [1.54, 1.807) is 10.6 Å². The van der Waals surface area contributed by atoms with E-state index in [0.717, 1.165) is 31.2 Å². The summed E-state index contributed by atoms with van der Waals surface area (Å²) in [5, 5.41) is -0.0378. The zero-order chi connectivity index (χ0) is 27.8. The van der Waals surface area contributed by atoms with E-state index in [-0.39, 0.29) is 38.7 Å². The molecule has 0 bridgehead atoms. The number of hydrogen-bond acceptors (Lipinski definition) is 5. The van der Waals surface area contributed by atoms with Gasteiger partial charge in [-0.2, -0.15) is 4.39 Å². The fraction of sp³-hybridized carbons (Fsp3) is 0.333. The summed E-state index contributed by atoms with van der Waals surface area (Å²) in [6.45, 7) is 0. The third-order valence-electron chi connectivity index (χ3n) is 8.89. The molecule has 1 aromatic carbocycles. The lowest BCUT2D eigenvalue weighted by atomic mass is 9.71. The second-order valence-electron chi connectivity index (χ2n) is 11.3. The Kier molecular flexibility index (Phi) is 5.71. The van der Waals surface area contributed by atoms with Crippen molar-refractivity contribution in [3.8, 4) is 22.4 Å². The molecule has 0 saturated heterocycles. The van der Waals surface area contributed by atoms with Gasteiger partial charge in [-0.25, -0.2) is 14.4 Å². The topological polar surface area (TPSA) is 107 Å². The number of H-pyrrole nitrogens is 1.